The topological polar surface area (TPSA) is 58.2 Å². The minimum atomic E-state index is -3.40. The number of hydrogen-bond acceptors (Lipinski definition) is 3. The number of anilines is 1. The molecule has 0 unspecified atom stereocenters. The summed E-state index contributed by atoms with van der Waals surface area (Å²) in [6.07, 6.45) is 8.82. The highest BCUT2D eigenvalue weighted by Crippen LogP contribution is 2.26. The predicted molar refractivity (Wildman–Crippen MR) is 84.8 cm³/mol. The summed E-state index contributed by atoms with van der Waals surface area (Å²) in [4.78, 5) is 0.359. The summed E-state index contributed by atoms with van der Waals surface area (Å²) >= 11 is 0. The molecule has 0 amide bonds. The van der Waals surface area contributed by atoms with Gasteiger partial charge in [-0.3, -0.25) is 0 Å². The van der Waals surface area contributed by atoms with Gasteiger partial charge in [0.15, 0.2) is 0 Å². The zero-order valence-electron chi connectivity index (χ0n) is 12.1. The molecule has 114 valence electrons. The lowest BCUT2D eigenvalue weighted by atomic mass is 10.1. The summed E-state index contributed by atoms with van der Waals surface area (Å²) in [6, 6.07) is 7.28. The molecular formula is C16H22N2O2S. The Morgan fingerprint density at radius 2 is 2.00 bits per heavy atom. The molecule has 0 bridgehead atoms. The maximum absolute atomic E-state index is 12.4. The molecule has 21 heavy (non-hydrogen) atoms. The second-order valence-corrected chi connectivity index (χ2v) is 7.51. The molecule has 1 aromatic carbocycles. The highest BCUT2D eigenvalue weighted by Gasteiger charge is 2.29. The summed E-state index contributed by atoms with van der Waals surface area (Å²) in [5, 5.41) is 3.28. The lowest BCUT2D eigenvalue weighted by molar-refractivity contribution is 0.581. The summed E-state index contributed by atoms with van der Waals surface area (Å²) in [5.74, 6) is 0. The largest absolute Gasteiger partial charge is 0.384 e. The van der Waals surface area contributed by atoms with Crippen LogP contribution in [0.25, 0.3) is 0 Å². The average Bonchev–Trinajstić information content (AvgIpc) is 3.11. The Bertz CT molecular complexity index is 633. The second-order valence-electron chi connectivity index (χ2n) is 5.82. The molecule has 3 rings (SSSR count). The molecule has 0 radical (unpaired) electrons. The van der Waals surface area contributed by atoms with E-state index in [-0.39, 0.29) is 6.04 Å². The van der Waals surface area contributed by atoms with Gasteiger partial charge in [-0.15, -0.1) is 0 Å². The molecule has 1 aromatic rings. The highest BCUT2D eigenvalue weighted by atomic mass is 32.2. The molecule has 2 aliphatic rings. The van der Waals surface area contributed by atoms with E-state index < -0.39 is 10.0 Å². The van der Waals surface area contributed by atoms with Crippen LogP contribution in [0, 0.1) is 0 Å². The van der Waals surface area contributed by atoms with E-state index in [9.17, 15) is 8.42 Å². The number of hydrogen-bond donors (Lipinski definition) is 2. The Hall–Kier alpha value is -1.33. The first kappa shape index (κ1) is 14.6. The van der Waals surface area contributed by atoms with Gasteiger partial charge in [0.25, 0.3) is 0 Å². The van der Waals surface area contributed by atoms with E-state index in [2.05, 4.69) is 16.1 Å². The van der Waals surface area contributed by atoms with Crippen molar-refractivity contribution in [1.29, 1.82) is 0 Å². The molecule has 1 fully saturated rings. The van der Waals surface area contributed by atoms with E-state index in [1.807, 2.05) is 12.1 Å². The van der Waals surface area contributed by atoms with Crippen LogP contribution < -0.4 is 10.0 Å². The molecule has 0 aliphatic heterocycles. The minimum absolute atomic E-state index is 0.131. The number of benzene rings is 1. The van der Waals surface area contributed by atoms with Gasteiger partial charge in [-0.25, -0.2) is 13.1 Å². The van der Waals surface area contributed by atoms with Crippen molar-refractivity contribution in [2.75, 3.05) is 11.9 Å². The van der Waals surface area contributed by atoms with Gasteiger partial charge in [-0.2, -0.15) is 0 Å². The summed E-state index contributed by atoms with van der Waals surface area (Å²) in [6.45, 7) is 0.780. The quantitative estimate of drug-likeness (QED) is 0.761. The second kappa shape index (κ2) is 6.20. The van der Waals surface area contributed by atoms with Crippen LogP contribution in [0.4, 0.5) is 5.69 Å². The van der Waals surface area contributed by atoms with Crippen LogP contribution in [0.2, 0.25) is 0 Å². The molecular weight excluding hydrogens is 284 g/mol. The zero-order valence-corrected chi connectivity index (χ0v) is 13.0. The van der Waals surface area contributed by atoms with E-state index in [1.165, 1.54) is 24.8 Å². The number of para-hydroxylation sites is 1. The Labute approximate surface area is 126 Å². The van der Waals surface area contributed by atoms with Crippen molar-refractivity contribution in [3.05, 3.63) is 35.9 Å². The number of nitrogens with one attached hydrogen (secondary N) is 2. The molecule has 0 spiro atoms. The van der Waals surface area contributed by atoms with Gasteiger partial charge >= 0.3 is 0 Å². The zero-order chi connectivity index (χ0) is 14.7. The lowest BCUT2D eigenvalue weighted by Crippen LogP contribution is -2.26. The monoisotopic (exact) mass is 306 g/mol. The Kier molecular flexibility index (Phi) is 4.31. The fourth-order valence-electron chi connectivity index (χ4n) is 2.65. The minimum Gasteiger partial charge on any atom is -0.384 e. The smallest absolute Gasteiger partial charge is 0.242 e. The summed E-state index contributed by atoms with van der Waals surface area (Å²) in [7, 11) is -3.40. The fraction of sp³-hybridized carbons (Fsp3) is 0.500. The maximum Gasteiger partial charge on any atom is 0.242 e. The Morgan fingerprint density at radius 1 is 1.19 bits per heavy atom. The molecule has 0 saturated heterocycles. The van der Waals surface area contributed by atoms with E-state index in [0.717, 1.165) is 25.8 Å². The van der Waals surface area contributed by atoms with Gasteiger partial charge in [-0.1, -0.05) is 23.8 Å². The average molecular weight is 306 g/mol. The van der Waals surface area contributed by atoms with Gasteiger partial charge in [0.1, 0.15) is 4.90 Å². The van der Waals surface area contributed by atoms with Crippen molar-refractivity contribution >= 4 is 15.7 Å². The van der Waals surface area contributed by atoms with Crippen LogP contribution in [0.1, 0.15) is 38.5 Å². The van der Waals surface area contributed by atoms with Crippen LogP contribution in [0.15, 0.2) is 40.8 Å². The van der Waals surface area contributed by atoms with Gasteiger partial charge in [0, 0.05) is 12.6 Å². The highest BCUT2D eigenvalue weighted by molar-refractivity contribution is 7.89. The van der Waals surface area contributed by atoms with Crippen LogP contribution >= 0.6 is 0 Å². The van der Waals surface area contributed by atoms with Crippen molar-refractivity contribution < 1.29 is 8.42 Å². The van der Waals surface area contributed by atoms with Crippen LogP contribution in [-0.2, 0) is 10.0 Å². The van der Waals surface area contributed by atoms with E-state index in [1.54, 1.807) is 12.1 Å². The van der Waals surface area contributed by atoms with Gasteiger partial charge in [-0.05, 0) is 50.7 Å². The molecule has 4 nitrogen and oxygen atoms in total. The van der Waals surface area contributed by atoms with Crippen molar-refractivity contribution in [1.82, 2.24) is 4.72 Å². The first-order valence-electron chi connectivity index (χ1n) is 7.68. The van der Waals surface area contributed by atoms with Gasteiger partial charge in [0.05, 0.1) is 5.69 Å². The molecule has 2 N–H and O–H groups in total. The first-order valence-corrected chi connectivity index (χ1v) is 9.16. The fourth-order valence-corrected chi connectivity index (χ4v) is 4.14. The standard InChI is InChI=1S/C16H22N2O2S/c19-21(20,18-14-9-10-14)16-8-4-3-7-15(16)17-12-11-13-5-1-2-6-13/h3-5,7-8,14,17-18H,1-2,6,9-12H2. The maximum atomic E-state index is 12.4. The lowest BCUT2D eigenvalue weighted by Gasteiger charge is -2.13. The van der Waals surface area contributed by atoms with Crippen molar-refractivity contribution in [3.63, 3.8) is 0 Å². The third-order valence-electron chi connectivity index (χ3n) is 3.97. The first-order chi connectivity index (χ1) is 10.1. The van der Waals surface area contributed by atoms with Gasteiger partial charge < -0.3 is 5.32 Å². The SMILES string of the molecule is O=S(=O)(NC1CC1)c1ccccc1NCCC1=CCCC1. The van der Waals surface area contributed by atoms with E-state index in [0.29, 0.717) is 10.6 Å². The summed E-state index contributed by atoms with van der Waals surface area (Å²) in [5.41, 5.74) is 2.18. The predicted octanol–water partition coefficient (Wildman–Crippen LogP) is 3.04. The third-order valence-corrected chi connectivity index (χ3v) is 5.55. The van der Waals surface area contributed by atoms with E-state index in [4.69, 9.17) is 0 Å². The molecule has 0 atom stereocenters. The van der Waals surface area contributed by atoms with Crippen LogP contribution in [-0.4, -0.2) is 21.0 Å². The van der Waals surface area contributed by atoms with Crippen molar-refractivity contribution in [2.45, 2.75) is 49.5 Å². The molecule has 1 saturated carbocycles. The van der Waals surface area contributed by atoms with Crippen molar-refractivity contribution in [2.24, 2.45) is 0 Å². The van der Waals surface area contributed by atoms with Crippen LogP contribution in [0.5, 0.6) is 0 Å². The van der Waals surface area contributed by atoms with Crippen molar-refractivity contribution in [3.8, 4) is 0 Å². The Balaban J connectivity index is 1.66. The molecule has 2 aliphatic carbocycles. The van der Waals surface area contributed by atoms with Crippen LogP contribution in [0.3, 0.4) is 0 Å². The number of rotatable bonds is 7. The Morgan fingerprint density at radius 3 is 2.71 bits per heavy atom. The van der Waals surface area contributed by atoms with Gasteiger partial charge in [0.2, 0.25) is 10.0 Å². The molecule has 0 aromatic heterocycles. The summed E-state index contributed by atoms with van der Waals surface area (Å²) < 4.78 is 27.5. The number of sulfonamides is 1. The molecule has 5 heteroatoms. The van der Waals surface area contributed by atoms with E-state index >= 15 is 0 Å². The number of allylic oxidation sites excluding steroid dienone is 1. The molecule has 0 heterocycles. The third kappa shape index (κ3) is 3.86. The normalized spacial score (nSPS) is 18.6.